The molecule has 1 aliphatic heterocycles. The van der Waals surface area contributed by atoms with E-state index >= 15 is 0 Å². The van der Waals surface area contributed by atoms with Gasteiger partial charge in [0.05, 0.1) is 12.0 Å². The van der Waals surface area contributed by atoms with Crippen molar-refractivity contribution in [1.82, 2.24) is 4.90 Å². The molecule has 2 aromatic carbocycles. The number of aryl methyl sites for hydroxylation is 1. The summed E-state index contributed by atoms with van der Waals surface area (Å²) in [7, 11) is 0. The van der Waals surface area contributed by atoms with Crippen LogP contribution in [-0.2, 0) is 11.3 Å². The molecule has 0 aromatic heterocycles. The molecule has 2 aromatic rings. The van der Waals surface area contributed by atoms with E-state index in [1.54, 1.807) is 0 Å². The first-order valence-electron chi connectivity index (χ1n) is 9.53. The van der Waals surface area contributed by atoms with E-state index in [-0.39, 0.29) is 12.0 Å². The van der Waals surface area contributed by atoms with E-state index in [9.17, 15) is 4.79 Å². The van der Waals surface area contributed by atoms with Crippen LogP contribution in [0.4, 0.5) is 5.69 Å². The van der Waals surface area contributed by atoms with Gasteiger partial charge in [-0.15, -0.1) is 0 Å². The van der Waals surface area contributed by atoms with Crippen molar-refractivity contribution in [2.75, 3.05) is 18.4 Å². The number of hydrogen-bond donors (Lipinski definition) is 2. The van der Waals surface area contributed by atoms with E-state index in [4.69, 9.17) is 16.7 Å². The van der Waals surface area contributed by atoms with Crippen LogP contribution in [0.2, 0.25) is 5.02 Å². The van der Waals surface area contributed by atoms with Crippen LogP contribution in [0.3, 0.4) is 0 Å². The van der Waals surface area contributed by atoms with Gasteiger partial charge in [-0.3, -0.25) is 9.69 Å². The van der Waals surface area contributed by atoms with Crippen LogP contribution in [0.5, 0.6) is 0 Å². The number of halogens is 1. The fourth-order valence-corrected chi connectivity index (χ4v) is 3.82. The van der Waals surface area contributed by atoms with Gasteiger partial charge in [0.1, 0.15) is 0 Å². The summed E-state index contributed by atoms with van der Waals surface area (Å²) in [6.07, 6.45) is 1.71. The minimum absolute atomic E-state index is 0.222. The molecular weight excluding hydrogens is 360 g/mol. The summed E-state index contributed by atoms with van der Waals surface area (Å²) >= 11 is 6.16. The molecule has 1 fully saturated rings. The molecule has 1 aliphatic rings. The summed E-state index contributed by atoms with van der Waals surface area (Å²) in [4.78, 5) is 13.4. The topological polar surface area (TPSA) is 52.6 Å². The lowest BCUT2D eigenvalue weighted by Crippen LogP contribution is -2.22. The molecule has 1 saturated heterocycles. The second kappa shape index (κ2) is 8.77. The van der Waals surface area contributed by atoms with E-state index < -0.39 is 5.97 Å². The second-order valence-electron chi connectivity index (χ2n) is 7.37. The van der Waals surface area contributed by atoms with Crippen molar-refractivity contribution in [3.8, 4) is 0 Å². The minimum atomic E-state index is -0.683. The van der Waals surface area contributed by atoms with Crippen molar-refractivity contribution >= 4 is 23.3 Å². The summed E-state index contributed by atoms with van der Waals surface area (Å²) in [5, 5.41) is 13.6. The van der Waals surface area contributed by atoms with Gasteiger partial charge in [0.2, 0.25) is 0 Å². The maximum atomic E-state index is 11.1. The van der Waals surface area contributed by atoms with Gasteiger partial charge in [0.15, 0.2) is 0 Å². The minimum Gasteiger partial charge on any atom is -0.481 e. The van der Waals surface area contributed by atoms with Gasteiger partial charge < -0.3 is 10.4 Å². The summed E-state index contributed by atoms with van der Waals surface area (Å²) in [5.41, 5.74) is 4.60. The van der Waals surface area contributed by atoms with Gasteiger partial charge >= 0.3 is 5.97 Å². The fraction of sp³-hybridized carbons (Fsp3) is 0.409. The molecule has 2 atom stereocenters. The van der Waals surface area contributed by atoms with Crippen molar-refractivity contribution in [2.24, 2.45) is 5.92 Å². The number of likely N-dealkylation sites (tertiary alicyclic amines) is 1. The molecule has 0 amide bonds. The van der Waals surface area contributed by atoms with E-state index in [0.717, 1.165) is 42.2 Å². The number of carbonyl (C=O) groups is 1. The van der Waals surface area contributed by atoms with Crippen LogP contribution in [0.1, 0.15) is 42.5 Å². The molecule has 0 unspecified atom stereocenters. The fourth-order valence-electron chi connectivity index (χ4n) is 3.70. The Balaban J connectivity index is 1.67. The van der Waals surface area contributed by atoms with Crippen LogP contribution in [0, 0.1) is 12.8 Å². The Labute approximate surface area is 166 Å². The first-order chi connectivity index (χ1) is 13.0. The molecule has 0 saturated carbocycles. The zero-order valence-electron chi connectivity index (χ0n) is 15.9. The molecule has 0 spiro atoms. The number of nitrogens with one attached hydrogen (secondary N) is 1. The number of rotatable bonds is 7. The standard InChI is InChI=1S/C22H27ClN2O2/c1-3-21(17-7-8-20(23)15(2)11-17)24-19-6-4-5-16(12-19)13-25-10-9-18(14-25)22(26)27/h4-8,11-12,18,21,24H,3,9-10,13-14H2,1-2H3,(H,26,27)/t18-,21-/m1/s1. The third kappa shape index (κ3) is 5.02. The van der Waals surface area contributed by atoms with E-state index in [2.05, 4.69) is 53.5 Å². The van der Waals surface area contributed by atoms with Crippen LogP contribution >= 0.6 is 11.6 Å². The maximum absolute atomic E-state index is 11.1. The van der Waals surface area contributed by atoms with Crippen molar-refractivity contribution in [3.05, 3.63) is 64.2 Å². The quantitative estimate of drug-likeness (QED) is 0.693. The largest absolute Gasteiger partial charge is 0.481 e. The molecular formula is C22H27ClN2O2. The number of nitrogens with zero attached hydrogens (tertiary/aromatic N) is 1. The molecule has 0 radical (unpaired) electrons. The summed E-state index contributed by atoms with van der Waals surface area (Å²) in [5.74, 6) is -0.916. The Morgan fingerprint density at radius 1 is 1.33 bits per heavy atom. The number of benzene rings is 2. The molecule has 27 heavy (non-hydrogen) atoms. The maximum Gasteiger partial charge on any atom is 0.307 e. The van der Waals surface area contributed by atoms with Crippen molar-refractivity contribution < 1.29 is 9.90 Å². The molecule has 1 heterocycles. The van der Waals surface area contributed by atoms with Gasteiger partial charge in [0, 0.05) is 23.8 Å². The molecule has 4 nitrogen and oxygen atoms in total. The van der Waals surface area contributed by atoms with Crippen LogP contribution in [0.15, 0.2) is 42.5 Å². The van der Waals surface area contributed by atoms with Gasteiger partial charge in [0.25, 0.3) is 0 Å². The summed E-state index contributed by atoms with van der Waals surface area (Å²) in [6.45, 7) is 6.46. The average Bonchev–Trinajstić information content (AvgIpc) is 3.11. The monoisotopic (exact) mass is 386 g/mol. The Morgan fingerprint density at radius 3 is 2.81 bits per heavy atom. The number of hydrogen-bond acceptors (Lipinski definition) is 3. The SMILES string of the molecule is CC[C@@H](Nc1cccc(CN2CC[C@@H](C(=O)O)C2)c1)c1ccc(Cl)c(C)c1. The lowest BCUT2D eigenvalue weighted by molar-refractivity contribution is -0.141. The van der Waals surface area contributed by atoms with Gasteiger partial charge in [-0.25, -0.2) is 0 Å². The normalized spacial score (nSPS) is 18.4. The van der Waals surface area contributed by atoms with E-state index in [0.29, 0.717) is 6.54 Å². The van der Waals surface area contributed by atoms with Gasteiger partial charge in [-0.05, 0) is 61.2 Å². The summed E-state index contributed by atoms with van der Waals surface area (Å²) < 4.78 is 0. The third-order valence-corrected chi connectivity index (χ3v) is 5.71. The molecule has 0 bridgehead atoms. The molecule has 2 N–H and O–H groups in total. The Kier molecular flexibility index (Phi) is 6.40. The van der Waals surface area contributed by atoms with Crippen LogP contribution in [-0.4, -0.2) is 29.1 Å². The van der Waals surface area contributed by atoms with Gasteiger partial charge in [-0.1, -0.05) is 42.8 Å². The van der Waals surface area contributed by atoms with Crippen molar-refractivity contribution in [2.45, 2.75) is 39.3 Å². The number of carboxylic acids is 1. The highest BCUT2D eigenvalue weighted by Gasteiger charge is 2.27. The first kappa shape index (κ1) is 19.7. The highest BCUT2D eigenvalue weighted by atomic mass is 35.5. The highest BCUT2D eigenvalue weighted by Crippen LogP contribution is 2.27. The summed E-state index contributed by atoms with van der Waals surface area (Å²) in [6, 6.07) is 14.8. The number of aliphatic carboxylic acids is 1. The average molecular weight is 387 g/mol. The van der Waals surface area contributed by atoms with E-state index in [1.165, 1.54) is 11.1 Å². The Bertz CT molecular complexity index is 809. The predicted octanol–water partition coefficient (Wildman–Crippen LogP) is 5.12. The van der Waals surface area contributed by atoms with Crippen molar-refractivity contribution in [1.29, 1.82) is 0 Å². The number of anilines is 1. The van der Waals surface area contributed by atoms with Gasteiger partial charge in [-0.2, -0.15) is 0 Å². The zero-order chi connectivity index (χ0) is 19.4. The molecule has 144 valence electrons. The number of carboxylic acid groups (broad SMARTS) is 1. The molecule has 0 aliphatic carbocycles. The lowest BCUT2D eigenvalue weighted by Gasteiger charge is -2.21. The first-order valence-corrected chi connectivity index (χ1v) is 9.90. The second-order valence-corrected chi connectivity index (χ2v) is 7.78. The molecule has 5 heteroatoms. The third-order valence-electron chi connectivity index (χ3n) is 5.29. The Morgan fingerprint density at radius 2 is 2.15 bits per heavy atom. The molecule has 3 rings (SSSR count). The van der Waals surface area contributed by atoms with Crippen LogP contribution in [0.25, 0.3) is 0 Å². The Hall–Kier alpha value is -2.04. The smallest absolute Gasteiger partial charge is 0.307 e. The highest BCUT2D eigenvalue weighted by molar-refractivity contribution is 6.31. The van der Waals surface area contributed by atoms with Crippen LogP contribution < -0.4 is 5.32 Å². The zero-order valence-corrected chi connectivity index (χ0v) is 16.7. The van der Waals surface area contributed by atoms with Crippen molar-refractivity contribution in [3.63, 3.8) is 0 Å². The predicted molar refractivity (Wildman–Crippen MR) is 110 cm³/mol. The lowest BCUT2D eigenvalue weighted by atomic mass is 10.0. The van der Waals surface area contributed by atoms with E-state index in [1.807, 2.05) is 13.0 Å².